The van der Waals surface area contributed by atoms with Crippen LogP contribution in [0.1, 0.15) is 20.3 Å². The van der Waals surface area contributed by atoms with E-state index in [1.165, 1.54) is 0 Å². The summed E-state index contributed by atoms with van der Waals surface area (Å²) in [7, 11) is 0. The maximum atomic E-state index is 9.00. The zero-order chi connectivity index (χ0) is 8.57. The second kappa shape index (κ2) is 8.39. The van der Waals surface area contributed by atoms with Crippen molar-refractivity contribution in [3.63, 3.8) is 0 Å². The van der Waals surface area contributed by atoms with E-state index in [0.717, 1.165) is 6.92 Å². The zero-order valence-electron chi connectivity index (χ0n) is 6.24. The van der Waals surface area contributed by atoms with E-state index >= 15 is 0 Å². The lowest BCUT2D eigenvalue weighted by Gasteiger charge is -1.95. The maximum absolute atomic E-state index is 9.00. The fraction of sp³-hybridized carbons (Fsp3) is 0.833. The summed E-state index contributed by atoms with van der Waals surface area (Å²) in [6, 6.07) is 0. The van der Waals surface area contributed by atoms with Gasteiger partial charge in [0, 0.05) is 13.5 Å². The topological polar surface area (TPSA) is 77.8 Å². The lowest BCUT2D eigenvalue weighted by molar-refractivity contribution is -0.134. The molecule has 62 valence electrons. The molecule has 0 aromatic carbocycles. The molecule has 0 amide bonds. The quantitative estimate of drug-likeness (QED) is 0.511. The zero-order valence-corrected chi connectivity index (χ0v) is 6.24. The number of carbonyl (C=O) groups is 1. The van der Waals surface area contributed by atoms with E-state index in [1.807, 2.05) is 0 Å². The lowest BCUT2D eigenvalue weighted by Crippen LogP contribution is -2.00. The number of aliphatic carboxylic acids is 1. The van der Waals surface area contributed by atoms with Crippen molar-refractivity contribution >= 4 is 5.97 Å². The molecule has 0 rings (SSSR count). The molecule has 1 atom stereocenters. The molecule has 1 unspecified atom stereocenters. The molecule has 0 bridgehead atoms. The number of aliphatic hydroxyl groups is 2. The van der Waals surface area contributed by atoms with Crippen LogP contribution in [0.4, 0.5) is 0 Å². The first kappa shape index (κ1) is 12.1. The van der Waals surface area contributed by atoms with Crippen molar-refractivity contribution in [2.45, 2.75) is 26.4 Å². The summed E-state index contributed by atoms with van der Waals surface area (Å²) in [6.45, 7) is 2.81. The molecule has 0 aliphatic carbocycles. The number of rotatable bonds is 2. The molecule has 0 spiro atoms. The first-order chi connectivity index (χ1) is 4.50. The molecule has 0 saturated heterocycles. The lowest BCUT2D eigenvalue weighted by atomic mass is 10.3. The van der Waals surface area contributed by atoms with Crippen LogP contribution >= 0.6 is 0 Å². The molecule has 4 heteroatoms. The van der Waals surface area contributed by atoms with Gasteiger partial charge in [-0.05, 0) is 13.3 Å². The van der Waals surface area contributed by atoms with E-state index in [-0.39, 0.29) is 12.7 Å². The molecule has 0 radical (unpaired) electrons. The molecule has 0 aromatic heterocycles. The van der Waals surface area contributed by atoms with Crippen molar-refractivity contribution in [2.75, 3.05) is 6.61 Å². The number of carboxylic acid groups (broad SMARTS) is 1. The van der Waals surface area contributed by atoms with Gasteiger partial charge in [-0.15, -0.1) is 0 Å². The summed E-state index contributed by atoms with van der Waals surface area (Å²) in [5.74, 6) is -0.833. The van der Waals surface area contributed by atoms with E-state index < -0.39 is 5.97 Å². The van der Waals surface area contributed by atoms with Crippen LogP contribution in [0.15, 0.2) is 0 Å². The van der Waals surface area contributed by atoms with Crippen molar-refractivity contribution in [2.24, 2.45) is 0 Å². The van der Waals surface area contributed by atoms with Crippen LogP contribution < -0.4 is 0 Å². The number of hydrogen-bond donors (Lipinski definition) is 3. The molecule has 0 saturated carbocycles. The largest absolute Gasteiger partial charge is 0.481 e. The number of hydrogen-bond acceptors (Lipinski definition) is 3. The van der Waals surface area contributed by atoms with Crippen molar-refractivity contribution < 1.29 is 20.1 Å². The average molecular weight is 150 g/mol. The number of carboxylic acids is 1. The van der Waals surface area contributed by atoms with Gasteiger partial charge < -0.3 is 15.3 Å². The molecule has 3 N–H and O–H groups in total. The Morgan fingerprint density at radius 1 is 1.60 bits per heavy atom. The van der Waals surface area contributed by atoms with Gasteiger partial charge in [0.15, 0.2) is 0 Å². The van der Waals surface area contributed by atoms with Gasteiger partial charge in [-0.3, -0.25) is 4.79 Å². The third kappa shape index (κ3) is 52.8. The highest BCUT2D eigenvalue weighted by Crippen LogP contribution is 1.83. The maximum Gasteiger partial charge on any atom is 0.300 e. The fourth-order valence-electron chi connectivity index (χ4n) is 0.187. The monoisotopic (exact) mass is 150 g/mol. The van der Waals surface area contributed by atoms with Crippen LogP contribution in [0.2, 0.25) is 0 Å². The van der Waals surface area contributed by atoms with Crippen molar-refractivity contribution in [3.8, 4) is 0 Å². The number of aliphatic hydroxyl groups excluding tert-OH is 2. The van der Waals surface area contributed by atoms with Crippen LogP contribution in [-0.4, -0.2) is 34.0 Å². The molecule has 0 aromatic rings. The van der Waals surface area contributed by atoms with Gasteiger partial charge in [-0.2, -0.15) is 0 Å². The Morgan fingerprint density at radius 2 is 1.90 bits per heavy atom. The standard InChI is InChI=1S/C4H10O2.C2H4O2/c1-4(6)2-3-5;1-2(3)4/h4-6H,2-3H2,1H3;1H3,(H,3,4). The smallest absolute Gasteiger partial charge is 0.300 e. The average Bonchev–Trinajstić information content (AvgIpc) is 1.62. The Bertz CT molecular complexity index is 75.8. The van der Waals surface area contributed by atoms with Gasteiger partial charge in [0.05, 0.1) is 6.10 Å². The second-order valence-electron chi connectivity index (χ2n) is 1.88. The van der Waals surface area contributed by atoms with Crippen LogP contribution in [-0.2, 0) is 4.79 Å². The molecule has 0 fully saturated rings. The van der Waals surface area contributed by atoms with Crippen LogP contribution in [0, 0.1) is 0 Å². The predicted octanol–water partition coefficient (Wildman–Crippen LogP) is -0.160. The van der Waals surface area contributed by atoms with Crippen LogP contribution in [0.5, 0.6) is 0 Å². The molecular formula is C6H14O4. The Morgan fingerprint density at radius 3 is 1.90 bits per heavy atom. The van der Waals surface area contributed by atoms with Gasteiger partial charge in [0.25, 0.3) is 5.97 Å². The highest BCUT2D eigenvalue weighted by Gasteiger charge is 1.88. The predicted molar refractivity (Wildman–Crippen MR) is 36.7 cm³/mol. The molecular weight excluding hydrogens is 136 g/mol. The molecule has 4 nitrogen and oxygen atoms in total. The summed E-state index contributed by atoms with van der Waals surface area (Å²) in [6.07, 6.45) is 0.134. The summed E-state index contributed by atoms with van der Waals surface area (Å²) >= 11 is 0. The van der Waals surface area contributed by atoms with Gasteiger partial charge in [0.1, 0.15) is 0 Å². The van der Waals surface area contributed by atoms with Gasteiger partial charge in [-0.1, -0.05) is 0 Å². The highest BCUT2D eigenvalue weighted by atomic mass is 16.4. The minimum atomic E-state index is -0.833. The Hall–Kier alpha value is -0.610. The first-order valence-corrected chi connectivity index (χ1v) is 2.99. The van der Waals surface area contributed by atoms with E-state index in [4.69, 9.17) is 20.1 Å². The summed E-state index contributed by atoms with van der Waals surface area (Å²) in [5.41, 5.74) is 0. The van der Waals surface area contributed by atoms with E-state index in [1.54, 1.807) is 6.92 Å². The van der Waals surface area contributed by atoms with Crippen LogP contribution in [0.25, 0.3) is 0 Å². The third-order valence-corrected chi connectivity index (χ3v) is 0.547. The fourth-order valence-corrected chi connectivity index (χ4v) is 0.187. The van der Waals surface area contributed by atoms with Crippen molar-refractivity contribution in [1.82, 2.24) is 0 Å². The van der Waals surface area contributed by atoms with Gasteiger partial charge >= 0.3 is 0 Å². The molecule has 0 aliphatic rings. The molecule has 0 heterocycles. The SMILES string of the molecule is CC(=O)O.CC(O)CCO. The summed E-state index contributed by atoms with van der Waals surface area (Å²) in [5, 5.41) is 23.9. The first-order valence-electron chi connectivity index (χ1n) is 2.99. The Kier molecular flexibility index (Phi) is 10.2. The van der Waals surface area contributed by atoms with Gasteiger partial charge in [0.2, 0.25) is 0 Å². The van der Waals surface area contributed by atoms with Gasteiger partial charge in [-0.25, -0.2) is 0 Å². The summed E-state index contributed by atoms with van der Waals surface area (Å²) in [4.78, 5) is 9.00. The van der Waals surface area contributed by atoms with Crippen molar-refractivity contribution in [3.05, 3.63) is 0 Å². The second-order valence-corrected chi connectivity index (χ2v) is 1.88. The highest BCUT2D eigenvalue weighted by molar-refractivity contribution is 5.62. The van der Waals surface area contributed by atoms with E-state index in [0.29, 0.717) is 6.42 Å². The van der Waals surface area contributed by atoms with E-state index in [9.17, 15) is 0 Å². The Balaban J connectivity index is 0. The van der Waals surface area contributed by atoms with Crippen LogP contribution in [0.3, 0.4) is 0 Å². The molecule has 10 heavy (non-hydrogen) atoms. The van der Waals surface area contributed by atoms with Crippen molar-refractivity contribution in [1.29, 1.82) is 0 Å². The third-order valence-electron chi connectivity index (χ3n) is 0.547. The minimum Gasteiger partial charge on any atom is -0.481 e. The molecule has 0 aliphatic heterocycles. The summed E-state index contributed by atoms with van der Waals surface area (Å²) < 4.78 is 0. The minimum absolute atomic E-state index is 0.0810. The van der Waals surface area contributed by atoms with E-state index in [2.05, 4.69) is 0 Å². The normalized spacial score (nSPS) is 11.2. The Labute approximate surface area is 60.1 Å².